The van der Waals surface area contributed by atoms with Crippen molar-refractivity contribution >= 4 is 0 Å². The quantitative estimate of drug-likeness (QED) is 0.625. The maximum Gasteiger partial charge on any atom is 0.144 e. The second-order valence-electron chi connectivity index (χ2n) is 2.32. The predicted molar refractivity (Wildman–Crippen MR) is 42.4 cm³/mol. The van der Waals surface area contributed by atoms with Crippen molar-refractivity contribution in [2.24, 2.45) is 5.73 Å². The minimum absolute atomic E-state index is 0.224. The van der Waals surface area contributed by atoms with Gasteiger partial charge in [-0.15, -0.1) is 0 Å². The third-order valence-electron chi connectivity index (χ3n) is 1.16. The number of phenolic OH excluding ortho intramolecular Hbond substituents is 1. The van der Waals surface area contributed by atoms with Crippen molar-refractivity contribution < 1.29 is 9.84 Å². The molecule has 0 aliphatic rings. The number of aromatic hydroxyl groups is 1. The second kappa shape index (κ2) is 3.25. The summed E-state index contributed by atoms with van der Waals surface area (Å²) in [5.74, 6) is 0.889. The van der Waals surface area contributed by atoms with Crippen molar-refractivity contribution in [2.45, 2.75) is 13.2 Å². The summed E-state index contributed by atoms with van der Waals surface area (Å²) in [6.07, 6.45) is -0.320. The molecule has 3 N–H and O–H groups in total. The summed E-state index contributed by atoms with van der Waals surface area (Å²) >= 11 is 0. The predicted octanol–water partition coefficient (Wildman–Crippen LogP) is 1.08. The Kier molecular flexibility index (Phi) is 2.33. The molecule has 60 valence electrons. The Labute approximate surface area is 65.4 Å². The monoisotopic (exact) mass is 153 g/mol. The van der Waals surface area contributed by atoms with Crippen LogP contribution in [0.25, 0.3) is 0 Å². The number of ether oxygens (including phenoxy) is 1. The number of rotatable bonds is 2. The van der Waals surface area contributed by atoms with Crippen LogP contribution in [0.15, 0.2) is 24.3 Å². The smallest absolute Gasteiger partial charge is 0.144 e. The Bertz CT molecular complexity index is 218. The van der Waals surface area contributed by atoms with Crippen LogP contribution in [0.2, 0.25) is 0 Å². The summed E-state index contributed by atoms with van der Waals surface area (Å²) in [7, 11) is 0. The Morgan fingerprint density at radius 3 is 2.36 bits per heavy atom. The van der Waals surface area contributed by atoms with E-state index >= 15 is 0 Å². The fourth-order valence-electron chi connectivity index (χ4n) is 0.739. The van der Waals surface area contributed by atoms with Gasteiger partial charge in [0.1, 0.15) is 17.7 Å². The normalized spacial score (nSPS) is 12.5. The van der Waals surface area contributed by atoms with Crippen LogP contribution in [0.3, 0.4) is 0 Å². The molecule has 11 heavy (non-hydrogen) atoms. The molecule has 3 heteroatoms. The van der Waals surface area contributed by atoms with Gasteiger partial charge in [0.25, 0.3) is 0 Å². The molecule has 0 heterocycles. The molecule has 1 aromatic rings. The minimum Gasteiger partial charge on any atom is -0.508 e. The van der Waals surface area contributed by atoms with Crippen LogP contribution < -0.4 is 10.5 Å². The number of phenols is 1. The fraction of sp³-hybridized carbons (Fsp3) is 0.250. The average Bonchev–Trinajstić information content (AvgIpc) is 1.93. The first-order valence-electron chi connectivity index (χ1n) is 3.40. The first kappa shape index (κ1) is 7.88. The molecule has 0 aromatic heterocycles. The van der Waals surface area contributed by atoms with Gasteiger partial charge >= 0.3 is 0 Å². The van der Waals surface area contributed by atoms with Gasteiger partial charge in [0.15, 0.2) is 0 Å². The van der Waals surface area contributed by atoms with Crippen LogP contribution in [-0.4, -0.2) is 11.3 Å². The zero-order valence-corrected chi connectivity index (χ0v) is 6.32. The molecule has 1 unspecified atom stereocenters. The lowest BCUT2D eigenvalue weighted by molar-refractivity contribution is 0.230. The van der Waals surface area contributed by atoms with Crippen molar-refractivity contribution in [1.82, 2.24) is 0 Å². The number of hydrogen-bond acceptors (Lipinski definition) is 3. The Balaban J connectivity index is 2.66. The maximum atomic E-state index is 8.90. The van der Waals surface area contributed by atoms with Crippen molar-refractivity contribution in [3.63, 3.8) is 0 Å². The van der Waals surface area contributed by atoms with E-state index in [1.165, 1.54) is 0 Å². The van der Waals surface area contributed by atoms with Gasteiger partial charge < -0.3 is 9.84 Å². The number of hydrogen-bond donors (Lipinski definition) is 2. The molecule has 0 amide bonds. The molecule has 0 spiro atoms. The molecule has 0 saturated carbocycles. The molecule has 0 bridgehead atoms. The number of nitrogens with two attached hydrogens (primary N) is 1. The van der Waals surface area contributed by atoms with Gasteiger partial charge in [-0.3, -0.25) is 5.73 Å². The SMILES string of the molecule is CC(N)Oc1ccc(O)cc1. The molecule has 1 rings (SSSR count). The molecule has 0 saturated heterocycles. The largest absolute Gasteiger partial charge is 0.508 e. The van der Waals surface area contributed by atoms with E-state index in [4.69, 9.17) is 15.6 Å². The minimum atomic E-state index is -0.320. The highest BCUT2D eigenvalue weighted by molar-refractivity contribution is 5.30. The van der Waals surface area contributed by atoms with Crippen LogP contribution >= 0.6 is 0 Å². The van der Waals surface area contributed by atoms with Crippen molar-refractivity contribution in [3.05, 3.63) is 24.3 Å². The molecule has 3 nitrogen and oxygen atoms in total. The van der Waals surface area contributed by atoms with Gasteiger partial charge in [0, 0.05) is 0 Å². The molecule has 1 atom stereocenters. The maximum absolute atomic E-state index is 8.90. The first-order chi connectivity index (χ1) is 5.18. The van der Waals surface area contributed by atoms with E-state index in [1.807, 2.05) is 0 Å². The molecular weight excluding hydrogens is 142 g/mol. The molecule has 1 aromatic carbocycles. The van der Waals surface area contributed by atoms with Gasteiger partial charge in [-0.1, -0.05) is 0 Å². The van der Waals surface area contributed by atoms with Gasteiger partial charge in [0.05, 0.1) is 0 Å². The van der Waals surface area contributed by atoms with Gasteiger partial charge in [-0.2, -0.15) is 0 Å². The Morgan fingerprint density at radius 2 is 1.91 bits per heavy atom. The highest BCUT2D eigenvalue weighted by atomic mass is 16.5. The zero-order valence-electron chi connectivity index (χ0n) is 6.32. The summed E-state index contributed by atoms with van der Waals surface area (Å²) in [5.41, 5.74) is 5.38. The van der Waals surface area contributed by atoms with E-state index in [2.05, 4.69) is 0 Å². The third-order valence-corrected chi connectivity index (χ3v) is 1.16. The van der Waals surface area contributed by atoms with E-state index in [-0.39, 0.29) is 12.0 Å². The van der Waals surface area contributed by atoms with Crippen LogP contribution in [0.1, 0.15) is 6.92 Å². The van der Waals surface area contributed by atoms with Crippen LogP contribution in [0, 0.1) is 0 Å². The van der Waals surface area contributed by atoms with Crippen LogP contribution in [-0.2, 0) is 0 Å². The lowest BCUT2D eigenvalue weighted by Gasteiger charge is -2.08. The lowest BCUT2D eigenvalue weighted by Crippen LogP contribution is -2.22. The van der Waals surface area contributed by atoms with E-state index < -0.39 is 0 Å². The Morgan fingerprint density at radius 1 is 1.36 bits per heavy atom. The van der Waals surface area contributed by atoms with E-state index in [0.29, 0.717) is 5.75 Å². The summed E-state index contributed by atoms with van der Waals surface area (Å²) < 4.78 is 5.14. The van der Waals surface area contributed by atoms with Crippen LogP contribution in [0.4, 0.5) is 0 Å². The zero-order chi connectivity index (χ0) is 8.27. The standard InChI is InChI=1S/C8H11NO2/c1-6(9)11-8-4-2-7(10)3-5-8/h2-6,10H,9H2,1H3. The van der Waals surface area contributed by atoms with Gasteiger partial charge in [0.2, 0.25) is 0 Å². The number of benzene rings is 1. The van der Waals surface area contributed by atoms with Crippen LogP contribution in [0.5, 0.6) is 11.5 Å². The summed E-state index contributed by atoms with van der Waals surface area (Å²) in [5, 5.41) is 8.90. The van der Waals surface area contributed by atoms with E-state index in [9.17, 15) is 0 Å². The first-order valence-corrected chi connectivity index (χ1v) is 3.40. The molecule has 0 fully saturated rings. The van der Waals surface area contributed by atoms with Crippen molar-refractivity contribution in [1.29, 1.82) is 0 Å². The lowest BCUT2D eigenvalue weighted by atomic mass is 10.3. The molecule has 0 radical (unpaired) electrons. The topological polar surface area (TPSA) is 55.5 Å². The van der Waals surface area contributed by atoms with Crippen molar-refractivity contribution in [2.75, 3.05) is 0 Å². The van der Waals surface area contributed by atoms with E-state index in [0.717, 1.165) is 0 Å². The Hall–Kier alpha value is -1.22. The highest BCUT2D eigenvalue weighted by Crippen LogP contribution is 2.15. The van der Waals surface area contributed by atoms with Crippen molar-refractivity contribution in [3.8, 4) is 11.5 Å². The highest BCUT2D eigenvalue weighted by Gasteiger charge is 1.95. The molecule has 0 aliphatic heterocycles. The van der Waals surface area contributed by atoms with E-state index in [1.54, 1.807) is 31.2 Å². The third kappa shape index (κ3) is 2.47. The molecular formula is C8H11NO2. The summed E-state index contributed by atoms with van der Waals surface area (Å²) in [4.78, 5) is 0. The summed E-state index contributed by atoms with van der Waals surface area (Å²) in [6.45, 7) is 1.74. The molecule has 0 aliphatic carbocycles. The van der Waals surface area contributed by atoms with Gasteiger partial charge in [-0.25, -0.2) is 0 Å². The second-order valence-corrected chi connectivity index (χ2v) is 2.32. The van der Waals surface area contributed by atoms with Gasteiger partial charge in [-0.05, 0) is 31.2 Å². The summed E-state index contributed by atoms with van der Waals surface area (Å²) in [6, 6.07) is 6.44. The fourth-order valence-corrected chi connectivity index (χ4v) is 0.739. The average molecular weight is 153 g/mol.